The van der Waals surface area contributed by atoms with Crippen LogP contribution in [0.25, 0.3) is 184 Å². The van der Waals surface area contributed by atoms with E-state index in [2.05, 4.69) is 349 Å². The number of hydrogen-bond donors (Lipinski definition) is 0. The van der Waals surface area contributed by atoms with Crippen LogP contribution >= 0.6 is 22.7 Å². The number of rotatable bonds is 10. The molecule has 0 unspecified atom stereocenters. The van der Waals surface area contributed by atoms with Gasteiger partial charge >= 0.3 is 0 Å². The van der Waals surface area contributed by atoms with Gasteiger partial charge in [-0.15, -0.1) is 22.7 Å². The summed E-state index contributed by atoms with van der Waals surface area (Å²) >= 11 is 3.74. The minimum absolute atomic E-state index is 1.12. The molecule has 0 fully saturated rings. The predicted octanol–water partition coefficient (Wildman–Crippen LogP) is 26.0. The van der Waals surface area contributed by atoms with Crippen LogP contribution in [0.3, 0.4) is 0 Å². The molecule has 0 amide bonds. The van der Waals surface area contributed by atoms with Gasteiger partial charge in [-0.3, -0.25) is 0 Å². The van der Waals surface area contributed by atoms with Crippen LogP contribution < -0.4 is 0 Å². The molecule has 0 saturated carbocycles. The molecule has 0 radical (unpaired) electrons. The number of hydrogen-bond acceptors (Lipinski definition) is 2. The third-order valence-corrected chi connectivity index (χ3v) is 21.7. The third-order valence-electron chi connectivity index (χ3n) is 19.4. The fourth-order valence-corrected chi connectivity index (χ4v) is 16.9. The zero-order valence-electron chi connectivity index (χ0n) is 51.0. The van der Waals surface area contributed by atoms with E-state index in [9.17, 15) is 0 Å². The molecule has 15 aromatic carbocycles. The van der Waals surface area contributed by atoms with Gasteiger partial charge in [-0.2, -0.15) is 0 Å². The highest BCUT2D eigenvalue weighted by Crippen LogP contribution is 2.43. The molecule has 4 aromatic heterocycles. The number of para-hydroxylation sites is 1. The SMILES string of the molecule is c1ccc(-c2ccc3c4ccc(-c5cccc(-c6ccc7c8ccccc8n(-c8ccc(-c9ccc(-c%10ccc(-c%11ccc%12c(c%11)sc%11ccccc%11%12)cc%10)cc9)cc8)c7c6)c5)cc4n(-c4ccc(-c5ccc(-c6ccc7c(c6)sc6ccccc67)cc5)cc4)c3c2)cc1. The minimum Gasteiger partial charge on any atom is -0.309 e. The molecule has 0 N–H and O–H groups in total. The standard InChI is InChI=1S/C90H56N2S2/c1-2-11-57(12-3-1)68-37-46-77-78-48-39-70(54-86(78)92(85(77)52-68)74-44-35-63(36-45-74)61-27-31-65(32-28-61)72-41-50-82-80-17-6-9-20-88(80)94-90(82)56-72)67-14-10-13-66(51-67)69-38-47-76-75-15-4-7-18-83(75)91(84(76)53-69)73-42-33-62(34-43-73)60-23-21-58(22-24-60)59-25-29-64(30-26-59)71-40-49-81-79-16-5-8-19-87(79)93-89(81)55-71/h1-56H. The molecule has 0 spiro atoms. The summed E-state index contributed by atoms with van der Waals surface area (Å²) in [7, 11) is 0. The van der Waals surface area contributed by atoms with E-state index in [4.69, 9.17) is 0 Å². The fourth-order valence-electron chi connectivity index (χ4n) is 14.6. The summed E-state index contributed by atoms with van der Waals surface area (Å²) in [5.41, 5.74) is 26.1. The smallest absolute Gasteiger partial charge is 0.0547 e. The molecular formula is C90H56N2S2. The van der Waals surface area contributed by atoms with Crippen molar-refractivity contribution in [2.75, 3.05) is 0 Å². The van der Waals surface area contributed by atoms with Crippen LogP contribution in [0.15, 0.2) is 340 Å². The Kier molecular flexibility index (Phi) is 12.7. The summed E-state index contributed by atoms with van der Waals surface area (Å²) in [4.78, 5) is 0. The molecule has 19 rings (SSSR count). The molecule has 438 valence electrons. The number of thiophene rings is 2. The average Bonchev–Trinajstić information content (AvgIpc) is 1.64. The van der Waals surface area contributed by atoms with Crippen molar-refractivity contribution in [1.82, 2.24) is 9.13 Å². The lowest BCUT2D eigenvalue weighted by Gasteiger charge is -2.12. The molecule has 0 atom stereocenters. The first-order valence-electron chi connectivity index (χ1n) is 32.2. The van der Waals surface area contributed by atoms with Crippen molar-refractivity contribution >= 4 is 107 Å². The van der Waals surface area contributed by atoms with Crippen molar-refractivity contribution in [1.29, 1.82) is 0 Å². The van der Waals surface area contributed by atoms with E-state index in [0.717, 1.165) is 11.4 Å². The molecule has 4 heterocycles. The fraction of sp³-hybridized carbons (Fsp3) is 0. The minimum atomic E-state index is 1.12. The first-order valence-corrected chi connectivity index (χ1v) is 33.8. The molecule has 0 aliphatic heterocycles. The first-order chi connectivity index (χ1) is 46.5. The summed E-state index contributed by atoms with van der Waals surface area (Å²) in [6.45, 7) is 0. The van der Waals surface area contributed by atoms with Crippen LogP contribution in [-0.2, 0) is 0 Å². The lowest BCUT2D eigenvalue weighted by atomic mass is 9.97. The Morgan fingerprint density at radius 3 is 0.830 bits per heavy atom. The number of nitrogens with zero attached hydrogens (tertiary/aromatic N) is 2. The summed E-state index contributed by atoms with van der Waals surface area (Å²) in [5.74, 6) is 0. The summed E-state index contributed by atoms with van der Waals surface area (Å²) in [5, 5.41) is 10.2. The topological polar surface area (TPSA) is 9.86 Å². The van der Waals surface area contributed by atoms with E-state index < -0.39 is 0 Å². The second-order valence-electron chi connectivity index (χ2n) is 24.8. The molecule has 0 saturated heterocycles. The highest BCUT2D eigenvalue weighted by atomic mass is 32.1. The van der Waals surface area contributed by atoms with Gasteiger partial charge in [-0.05, 0) is 168 Å². The van der Waals surface area contributed by atoms with Crippen molar-refractivity contribution < 1.29 is 0 Å². The quantitative estimate of drug-likeness (QED) is 0.129. The summed E-state index contributed by atoms with van der Waals surface area (Å²) in [6, 6.07) is 126. The van der Waals surface area contributed by atoms with Crippen molar-refractivity contribution in [3.63, 3.8) is 0 Å². The number of benzene rings is 15. The van der Waals surface area contributed by atoms with Crippen LogP contribution in [0, 0.1) is 0 Å². The van der Waals surface area contributed by atoms with Gasteiger partial charge in [0.15, 0.2) is 0 Å². The number of fused-ring (bicyclic) bond motifs is 12. The van der Waals surface area contributed by atoms with Crippen molar-refractivity contribution in [2.45, 2.75) is 0 Å². The van der Waals surface area contributed by atoms with Crippen molar-refractivity contribution in [3.8, 4) is 100 Å². The van der Waals surface area contributed by atoms with Gasteiger partial charge in [0.25, 0.3) is 0 Å². The van der Waals surface area contributed by atoms with E-state index in [1.54, 1.807) is 0 Å². The lowest BCUT2D eigenvalue weighted by Crippen LogP contribution is -1.95. The van der Waals surface area contributed by atoms with Crippen LogP contribution in [0.2, 0.25) is 0 Å². The zero-order chi connectivity index (χ0) is 61.8. The van der Waals surface area contributed by atoms with Gasteiger partial charge in [0, 0.05) is 73.3 Å². The van der Waals surface area contributed by atoms with Crippen LogP contribution in [0.4, 0.5) is 0 Å². The lowest BCUT2D eigenvalue weighted by molar-refractivity contribution is 1.18. The molecule has 2 nitrogen and oxygen atoms in total. The largest absolute Gasteiger partial charge is 0.309 e. The number of aromatic nitrogens is 2. The maximum atomic E-state index is 2.46. The average molecular weight is 1230 g/mol. The molecular weight excluding hydrogens is 1170 g/mol. The van der Waals surface area contributed by atoms with Gasteiger partial charge in [-0.1, -0.05) is 261 Å². The Morgan fingerprint density at radius 1 is 0.149 bits per heavy atom. The Hall–Kier alpha value is -11.7. The molecule has 19 aromatic rings. The Bertz CT molecular complexity index is 6160. The van der Waals surface area contributed by atoms with E-state index in [1.165, 1.54) is 173 Å². The second kappa shape index (κ2) is 22.0. The van der Waals surface area contributed by atoms with Gasteiger partial charge in [0.05, 0.1) is 22.1 Å². The molecule has 4 heteroatoms. The predicted molar refractivity (Wildman–Crippen MR) is 404 cm³/mol. The second-order valence-corrected chi connectivity index (χ2v) is 26.9. The van der Waals surface area contributed by atoms with Crippen LogP contribution in [0.1, 0.15) is 0 Å². The van der Waals surface area contributed by atoms with Crippen molar-refractivity contribution in [3.05, 3.63) is 340 Å². The van der Waals surface area contributed by atoms with E-state index in [1.807, 2.05) is 22.7 Å². The Morgan fingerprint density at radius 2 is 0.404 bits per heavy atom. The monoisotopic (exact) mass is 1230 g/mol. The van der Waals surface area contributed by atoms with Crippen molar-refractivity contribution in [2.24, 2.45) is 0 Å². The highest BCUT2D eigenvalue weighted by Gasteiger charge is 2.19. The maximum absolute atomic E-state index is 2.46. The van der Waals surface area contributed by atoms with E-state index >= 15 is 0 Å². The van der Waals surface area contributed by atoms with Crippen LogP contribution in [-0.4, -0.2) is 9.13 Å². The Labute approximate surface area is 552 Å². The summed E-state index contributed by atoms with van der Waals surface area (Å²) < 4.78 is 10.2. The van der Waals surface area contributed by atoms with E-state index in [0.29, 0.717) is 0 Å². The maximum Gasteiger partial charge on any atom is 0.0547 e. The zero-order valence-corrected chi connectivity index (χ0v) is 52.7. The van der Waals surface area contributed by atoms with Gasteiger partial charge in [0.2, 0.25) is 0 Å². The summed E-state index contributed by atoms with van der Waals surface area (Å²) in [6.07, 6.45) is 0. The highest BCUT2D eigenvalue weighted by molar-refractivity contribution is 7.26. The van der Waals surface area contributed by atoms with Gasteiger partial charge < -0.3 is 9.13 Å². The third kappa shape index (κ3) is 9.21. The normalized spacial score (nSPS) is 11.8. The molecule has 94 heavy (non-hydrogen) atoms. The Balaban J connectivity index is 0.620. The van der Waals surface area contributed by atoms with Crippen LogP contribution in [0.5, 0.6) is 0 Å². The van der Waals surface area contributed by atoms with Gasteiger partial charge in [-0.25, -0.2) is 0 Å². The molecule has 0 aliphatic rings. The van der Waals surface area contributed by atoms with E-state index in [-0.39, 0.29) is 0 Å². The first kappa shape index (κ1) is 54.1. The molecule has 0 aliphatic carbocycles. The molecule has 0 bridgehead atoms. The van der Waals surface area contributed by atoms with Gasteiger partial charge in [0.1, 0.15) is 0 Å².